The maximum atomic E-state index is 12.2. The molecule has 4 heteroatoms. The van der Waals surface area contributed by atoms with Gasteiger partial charge in [0.2, 0.25) is 0 Å². The number of benzene rings is 2. The predicted octanol–water partition coefficient (Wildman–Crippen LogP) is 3.54. The van der Waals surface area contributed by atoms with Gasteiger partial charge in [-0.15, -0.1) is 0 Å². The lowest BCUT2D eigenvalue weighted by atomic mass is 10.2. The number of hydrogen-bond donors (Lipinski definition) is 1. The predicted molar refractivity (Wildman–Crippen MR) is 92.0 cm³/mol. The van der Waals surface area contributed by atoms with Crippen molar-refractivity contribution < 1.29 is 14.3 Å². The van der Waals surface area contributed by atoms with Gasteiger partial charge in [-0.05, 0) is 24.1 Å². The zero-order valence-electron chi connectivity index (χ0n) is 13.4. The molecule has 4 nitrogen and oxygen atoms in total. The van der Waals surface area contributed by atoms with Crippen LogP contribution < -0.4 is 14.8 Å². The molecule has 2 aromatic rings. The number of ether oxygens (including phenoxy) is 2. The Bertz CT molecular complexity index is 643. The maximum Gasteiger partial charge on any atom is 0.251 e. The van der Waals surface area contributed by atoms with Crippen LogP contribution in [-0.4, -0.2) is 26.7 Å². The smallest absolute Gasteiger partial charge is 0.251 e. The van der Waals surface area contributed by atoms with Gasteiger partial charge >= 0.3 is 0 Å². The quantitative estimate of drug-likeness (QED) is 0.796. The Morgan fingerprint density at radius 1 is 1.04 bits per heavy atom. The summed E-state index contributed by atoms with van der Waals surface area (Å²) in [4.78, 5) is 12.2. The number of methoxy groups -OCH3 is 2. The molecule has 120 valence electrons. The van der Waals surface area contributed by atoms with E-state index in [0.29, 0.717) is 23.6 Å². The third-order valence-corrected chi connectivity index (χ3v) is 3.32. The molecule has 2 aromatic carbocycles. The third-order valence-electron chi connectivity index (χ3n) is 3.32. The average Bonchev–Trinajstić information content (AvgIpc) is 2.61. The monoisotopic (exact) mass is 311 g/mol. The van der Waals surface area contributed by atoms with Crippen molar-refractivity contribution in [3.63, 3.8) is 0 Å². The lowest BCUT2D eigenvalue weighted by Gasteiger charge is -2.08. The number of nitrogens with one attached hydrogen (secondary N) is 1. The van der Waals surface area contributed by atoms with Crippen molar-refractivity contribution in [3.8, 4) is 11.5 Å². The van der Waals surface area contributed by atoms with Crippen molar-refractivity contribution in [3.05, 3.63) is 65.7 Å². The molecule has 0 saturated carbocycles. The Hall–Kier alpha value is -2.75. The fraction of sp³-hybridized carbons (Fsp3) is 0.211. The summed E-state index contributed by atoms with van der Waals surface area (Å²) in [6, 6.07) is 15.2. The topological polar surface area (TPSA) is 47.6 Å². The minimum absolute atomic E-state index is 0.143. The largest absolute Gasteiger partial charge is 0.497 e. The van der Waals surface area contributed by atoms with Crippen molar-refractivity contribution in [1.29, 1.82) is 0 Å². The molecular formula is C19H21NO3. The summed E-state index contributed by atoms with van der Waals surface area (Å²) in [5.41, 5.74) is 1.67. The summed E-state index contributed by atoms with van der Waals surface area (Å²) in [6.45, 7) is 0.571. The second-order valence-corrected chi connectivity index (χ2v) is 4.96. The van der Waals surface area contributed by atoms with Gasteiger partial charge in [-0.25, -0.2) is 0 Å². The Labute approximate surface area is 136 Å². The molecule has 1 amide bonds. The van der Waals surface area contributed by atoms with Crippen molar-refractivity contribution >= 4 is 12.0 Å². The van der Waals surface area contributed by atoms with Crippen LogP contribution >= 0.6 is 0 Å². The zero-order valence-corrected chi connectivity index (χ0v) is 13.4. The number of amides is 1. The van der Waals surface area contributed by atoms with E-state index in [4.69, 9.17) is 9.47 Å². The van der Waals surface area contributed by atoms with Crippen LogP contribution in [0, 0.1) is 0 Å². The van der Waals surface area contributed by atoms with E-state index in [-0.39, 0.29) is 5.91 Å². The van der Waals surface area contributed by atoms with Gasteiger partial charge in [0, 0.05) is 18.2 Å². The average molecular weight is 311 g/mol. The molecule has 2 rings (SSSR count). The van der Waals surface area contributed by atoms with Gasteiger partial charge in [0.25, 0.3) is 5.91 Å². The van der Waals surface area contributed by atoms with Crippen molar-refractivity contribution in [2.45, 2.75) is 6.42 Å². The highest BCUT2D eigenvalue weighted by Crippen LogP contribution is 2.22. The van der Waals surface area contributed by atoms with Crippen molar-refractivity contribution in [2.24, 2.45) is 0 Å². The highest BCUT2D eigenvalue weighted by molar-refractivity contribution is 5.95. The minimum atomic E-state index is -0.143. The van der Waals surface area contributed by atoms with Crippen LogP contribution in [0.15, 0.2) is 54.6 Å². The maximum absolute atomic E-state index is 12.2. The lowest BCUT2D eigenvalue weighted by Crippen LogP contribution is -2.24. The molecule has 0 aliphatic rings. The van der Waals surface area contributed by atoms with Gasteiger partial charge in [-0.3, -0.25) is 4.79 Å². The molecule has 0 atom stereocenters. The van der Waals surface area contributed by atoms with Gasteiger partial charge < -0.3 is 14.8 Å². The summed E-state index contributed by atoms with van der Waals surface area (Å²) in [5, 5.41) is 2.89. The van der Waals surface area contributed by atoms with E-state index in [1.165, 1.54) is 0 Å². The lowest BCUT2D eigenvalue weighted by molar-refractivity contribution is 0.0953. The molecule has 0 radical (unpaired) electrons. The standard InChI is InChI=1S/C19H21NO3/c1-22-17-12-16(13-18(14-17)23-2)19(21)20-11-7-6-10-15-8-4-3-5-9-15/h3-6,8-10,12-14H,7,11H2,1-2H3,(H,20,21)/b10-6+. The second kappa shape index (κ2) is 8.63. The zero-order chi connectivity index (χ0) is 16.5. The van der Waals surface area contributed by atoms with Gasteiger partial charge in [0.15, 0.2) is 0 Å². The van der Waals surface area contributed by atoms with Crippen LogP contribution in [0.2, 0.25) is 0 Å². The van der Waals surface area contributed by atoms with Crippen molar-refractivity contribution in [2.75, 3.05) is 20.8 Å². The molecule has 0 aromatic heterocycles. The van der Waals surface area contributed by atoms with E-state index >= 15 is 0 Å². The van der Waals surface area contributed by atoms with E-state index in [1.54, 1.807) is 32.4 Å². The molecule has 0 bridgehead atoms. The number of hydrogen-bond acceptors (Lipinski definition) is 3. The first-order valence-electron chi connectivity index (χ1n) is 7.46. The first-order chi connectivity index (χ1) is 11.2. The number of carbonyl (C=O) groups excluding carboxylic acids is 1. The van der Waals surface area contributed by atoms with Crippen LogP contribution in [0.25, 0.3) is 6.08 Å². The Morgan fingerprint density at radius 3 is 2.30 bits per heavy atom. The summed E-state index contributed by atoms with van der Waals surface area (Å²) >= 11 is 0. The first-order valence-corrected chi connectivity index (χ1v) is 7.46. The molecule has 0 aliphatic heterocycles. The SMILES string of the molecule is COc1cc(OC)cc(C(=O)NCC/C=C/c2ccccc2)c1. The van der Waals surface area contributed by atoms with Gasteiger partial charge in [-0.1, -0.05) is 42.5 Å². The van der Waals surface area contributed by atoms with E-state index in [1.807, 2.05) is 42.5 Å². The summed E-state index contributed by atoms with van der Waals surface area (Å²) in [6.07, 6.45) is 4.85. The molecule has 0 aliphatic carbocycles. The van der Waals surface area contributed by atoms with E-state index in [9.17, 15) is 4.79 Å². The summed E-state index contributed by atoms with van der Waals surface area (Å²) in [5.74, 6) is 1.05. The fourth-order valence-electron chi connectivity index (χ4n) is 2.09. The molecule has 0 saturated heterocycles. The van der Waals surface area contributed by atoms with E-state index in [2.05, 4.69) is 5.32 Å². The molecule has 1 N–H and O–H groups in total. The third kappa shape index (κ3) is 5.18. The number of carbonyl (C=O) groups is 1. The highest BCUT2D eigenvalue weighted by Gasteiger charge is 2.08. The van der Waals surface area contributed by atoms with Gasteiger partial charge in [-0.2, -0.15) is 0 Å². The van der Waals surface area contributed by atoms with Crippen LogP contribution in [0.3, 0.4) is 0 Å². The minimum Gasteiger partial charge on any atom is -0.497 e. The second-order valence-electron chi connectivity index (χ2n) is 4.96. The van der Waals surface area contributed by atoms with Crippen LogP contribution in [0.1, 0.15) is 22.3 Å². The Morgan fingerprint density at radius 2 is 1.70 bits per heavy atom. The highest BCUT2D eigenvalue weighted by atomic mass is 16.5. The first kappa shape index (κ1) is 16.6. The fourth-order valence-corrected chi connectivity index (χ4v) is 2.09. The van der Waals surface area contributed by atoms with E-state index in [0.717, 1.165) is 12.0 Å². The molecule has 0 fully saturated rings. The van der Waals surface area contributed by atoms with Crippen LogP contribution in [0.5, 0.6) is 11.5 Å². The number of rotatable bonds is 7. The Balaban J connectivity index is 1.86. The Kier molecular flexibility index (Phi) is 6.24. The normalized spacial score (nSPS) is 10.5. The molecule has 0 heterocycles. The molecule has 0 unspecified atom stereocenters. The van der Waals surface area contributed by atoms with Crippen molar-refractivity contribution in [1.82, 2.24) is 5.32 Å². The molecular weight excluding hydrogens is 290 g/mol. The molecule has 23 heavy (non-hydrogen) atoms. The van der Waals surface area contributed by atoms with Crippen LogP contribution in [0.4, 0.5) is 0 Å². The molecule has 0 spiro atoms. The summed E-state index contributed by atoms with van der Waals surface area (Å²) in [7, 11) is 3.12. The van der Waals surface area contributed by atoms with E-state index < -0.39 is 0 Å². The van der Waals surface area contributed by atoms with Gasteiger partial charge in [0.05, 0.1) is 14.2 Å². The summed E-state index contributed by atoms with van der Waals surface area (Å²) < 4.78 is 10.3. The van der Waals surface area contributed by atoms with Crippen LogP contribution in [-0.2, 0) is 0 Å². The van der Waals surface area contributed by atoms with Gasteiger partial charge in [0.1, 0.15) is 11.5 Å².